The summed E-state index contributed by atoms with van der Waals surface area (Å²) in [4.78, 5) is 12.7. The number of ether oxygens (including phenoxy) is 2. The van der Waals surface area contributed by atoms with Crippen molar-refractivity contribution in [2.24, 2.45) is 0 Å². The highest BCUT2D eigenvalue weighted by molar-refractivity contribution is 6.30. The van der Waals surface area contributed by atoms with Crippen molar-refractivity contribution >= 4 is 29.7 Å². The van der Waals surface area contributed by atoms with Crippen LogP contribution in [0.3, 0.4) is 0 Å². The molecule has 0 spiro atoms. The Kier molecular flexibility index (Phi) is 6.93. The zero-order chi connectivity index (χ0) is 15.4. The van der Waals surface area contributed by atoms with Gasteiger partial charge in [0.15, 0.2) is 0 Å². The van der Waals surface area contributed by atoms with E-state index in [0.29, 0.717) is 30.0 Å². The van der Waals surface area contributed by atoms with E-state index in [1.807, 2.05) is 0 Å². The Labute approximate surface area is 140 Å². The summed E-state index contributed by atoms with van der Waals surface area (Å²) in [6, 6.07) is 4.69. The van der Waals surface area contributed by atoms with Gasteiger partial charge in [0.05, 0.1) is 11.5 Å². The first-order valence-corrected chi connectivity index (χ1v) is 7.01. The molecular weight excluding hydrogens is 331 g/mol. The third-order valence-electron chi connectivity index (χ3n) is 3.19. The van der Waals surface area contributed by atoms with Crippen molar-refractivity contribution in [2.45, 2.75) is 19.9 Å². The van der Waals surface area contributed by atoms with Crippen molar-refractivity contribution in [2.75, 3.05) is 19.7 Å². The molecule has 0 unspecified atom stereocenters. The van der Waals surface area contributed by atoms with Gasteiger partial charge in [-0.1, -0.05) is 11.6 Å². The molecule has 1 fully saturated rings. The molecule has 122 valence electrons. The second-order valence-electron chi connectivity index (χ2n) is 4.98. The summed E-state index contributed by atoms with van der Waals surface area (Å²) < 4.78 is 10.9. The first kappa shape index (κ1) is 18.5. The lowest BCUT2D eigenvalue weighted by Gasteiger charge is -2.31. The minimum Gasteiger partial charge on any atom is -0.492 e. The van der Waals surface area contributed by atoms with E-state index in [2.05, 4.69) is 18.7 Å². The van der Waals surface area contributed by atoms with Gasteiger partial charge in [0.1, 0.15) is 18.6 Å². The average Bonchev–Trinajstić information content (AvgIpc) is 2.46. The lowest BCUT2D eigenvalue weighted by atomic mass is 10.3. The number of morpholine rings is 1. The van der Waals surface area contributed by atoms with Gasteiger partial charge in [-0.05, 0) is 26.0 Å². The van der Waals surface area contributed by atoms with Crippen molar-refractivity contribution < 1.29 is 14.4 Å². The lowest BCUT2D eigenvalue weighted by Crippen LogP contribution is -2.39. The van der Waals surface area contributed by atoms with E-state index in [9.17, 15) is 10.1 Å². The third kappa shape index (κ3) is 4.76. The van der Waals surface area contributed by atoms with E-state index in [1.165, 1.54) is 18.4 Å². The molecule has 0 saturated carbocycles. The number of halogens is 2. The molecule has 1 heterocycles. The number of nitro groups is 1. The van der Waals surface area contributed by atoms with Crippen LogP contribution < -0.4 is 4.74 Å². The van der Waals surface area contributed by atoms with Crippen LogP contribution >= 0.6 is 24.0 Å². The molecule has 0 atom stereocenters. The molecule has 1 aliphatic rings. The first-order valence-electron chi connectivity index (χ1n) is 6.64. The number of nitrogens with zero attached hydrogens (tertiary/aromatic N) is 2. The maximum Gasteiger partial charge on any atom is 0.313 e. The van der Waals surface area contributed by atoms with E-state index in [1.54, 1.807) is 6.07 Å². The monoisotopic (exact) mass is 348 g/mol. The molecule has 1 aliphatic heterocycles. The number of rotatable bonds is 4. The predicted octanol–water partition coefficient (Wildman–Crippen LogP) is 3.63. The van der Waals surface area contributed by atoms with E-state index in [4.69, 9.17) is 21.1 Å². The van der Waals surface area contributed by atoms with Crippen LogP contribution in [0, 0.1) is 10.1 Å². The molecule has 8 heteroatoms. The summed E-state index contributed by atoms with van der Waals surface area (Å²) in [5, 5.41) is 11.3. The molecule has 22 heavy (non-hydrogen) atoms. The van der Waals surface area contributed by atoms with Crippen LogP contribution in [0.2, 0.25) is 5.02 Å². The van der Waals surface area contributed by atoms with Gasteiger partial charge in [-0.15, -0.1) is 12.4 Å². The normalized spacial score (nSPS) is 17.0. The number of benzene rings is 1. The average molecular weight is 349 g/mol. The Morgan fingerprint density at radius 2 is 2.23 bits per heavy atom. The Morgan fingerprint density at radius 3 is 2.86 bits per heavy atom. The van der Waals surface area contributed by atoms with Crippen molar-refractivity contribution in [1.82, 2.24) is 4.90 Å². The van der Waals surface area contributed by atoms with Gasteiger partial charge in [0, 0.05) is 23.7 Å². The molecule has 0 amide bonds. The van der Waals surface area contributed by atoms with Gasteiger partial charge in [0.2, 0.25) is 5.75 Å². The fraction of sp³-hybridized carbons (Fsp3) is 0.429. The van der Waals surface area contributed by atoms with Crippen LogP contribution in [-0.4, -0.2) is 35.6 Å². The summed E-state index contributed by atoms with van der Waals surface area (Å²) in [5.41, 5.74) is -0.170. The second kappa shape index (κ2) is 8.22. The molecule has 0 N–H and O–H groups in total. The van der Waals surface area contributed by atoms with Crippen molar-refractivity contribution in [3.8, 4) is 5.75 Å². The van der Waals surface area contributed by atoms with Gasteiger partial charge >= 0.3 is 5.69 Å². The molecule has 2 rings (SSSR count). The second-order valence-corrected chi connectivity index (χ2v) is 5.42. The molecule has 1 saturated heterocycles. The van der Waals surface area contributed by atoms with E-state index in [-0.39, 0.29) is 23.8 Å². The molecular formula is C14H18Cl2N2O4. The minimum atomic E-state index is -0.526. The Bertz CT molecular complexity index is 564. The van der Waals surface area contributed by atoms with Crippen LogP contribution in [-0.2, 0) is 4.74 Å². The van der Waals surface area contributed by atoms with Gasteiger partial charge in [-0.3, -0.25) is 15.0 Å². The number of hydrogen-bond donors (Lipinski definition) is 0. The van der Waals surface area contributed by atoms with Crippen molar-refractivity contribution in [3.63, 3.8) is 0 Å². The topological polar surface area (TPSA) is 64.8 Å². The largest absolute Gasteiger partial charge is 0.492 e. The van der Waals surface area contributed by atoms with Crippen LogP contribution in [0.1, 0.15) is 13.8 Å². The molecule has 0 aliphatic carbocycles. The van der Waals surface area contributed by atoms with Crippen LogP contribution in [0.5, 0.6) is 5.75 Å². The highest BCUT2D eigenvalue weighted by Gasteiger charge is 2.19. The van der Waals surface area contributed by atoms with Gasteiger partial charge in [-0.2, -0.15) is 0 Å². The van der Waals surface area contributed by atoms with E-state index < -0.39 is 4.92 Å². The minimum absolute atomic E-state index is 0. The SMILES string of the molecule is CC(C)N1CCOC(=COc2ccc(Cl)cc2[N+](=O)[O-])C1.Cl. The Morgan fingerprint density at radius 1 is 1.50 bits per heavy atom. The zero-order valence-corrected chi connectivity index (χ0v) is 13.9. The van der Waals surface area contributed by atoms with Gasteiger partial charge < -0.3 is 9.47 Å². The number of hydrogen-bond acceptors (Lipinski definition) is 5. The summed E-state index contributed by atoms with van der Waals surface area (Å²) >= 11 is 5.76. The highest BCUT2D eigenvalue weighted by atomic mass is 35.5. The Balaban J connectivity index is 0.00000242. The molecule has 0 aromatic heterocycles. The summed E-state index contributed by atoms with van der Waals surface area (Å²) in [6.45, 7) is 6.27. The van der Waals surface area contributed by atoms with Crippen molar-refractivity contribution in [1.29, 1.82) is 0 Å². The van der Waals surface area contributed by atoms with Crippen LogP contribution in [0.4, 0.5) is 5.69 Å². The lowest BCUT2D eigenvalue weighted by molar-refractivity contribution is -0.385. The predicted molar refractivity (Wildman–Crippen MR) is 86.7 cm³/mol. The quantitative estimate of drug-likeness (QED) is 0.472. The summed E-state index contributed by atoms with van der Waals surface area (Å²) in [5.74, 6) is 0.793. The summed E-state index contributed by atoms with van der Waals surface area (Å²) in [6.07, 6.45) is 1.42. The third-order valence-corrected chi connectivity index (χ3v) is 3.43. The zero-order valence-electron chi connectivity index (χ0n) is 12.3. The van der Waals surface area contributed by atoms with Gasteiger partial charge in [0.25, 0.3) is 0 Å². The maximum absolute atomic E-state index is 11.0. The molecule has 0 radical (unpaired) electrons. The van der Waals surface area contributed by atoms with E-state index >= 15 is 0 Å². The van der Waals surface area contributed by atoms with E-state index in [0.717, 1.165) is 6.54 Å². The molecule has 0 bridgehead atoms. The molecule has 1 aromatic rings. The summed E-state index contributed by atoms with van der Waals surface area (Å²) in [7, 11) is 0. The van der Waals surface area contributed by atoms with Crippen molar-refractivity contribution in [3.05, 3.63) is 45.4 Å². The maximum atomic E-state index is 11.0. The first-order chi connectivity index (χ1) is 9.97. The van der Waals surface area contributed by atoms with Gasteiger partial charge in [-0.25, -0.2) is 0 Å². The number of nitro benzene ring substituents is 1. The standard InChI is InChI=1S/C14H17ClN2O4.ClH/c1-10(2)16-5-6-20-12(8-16)9-21-14-4-3-11(15)7-13(14)17(18)19;/h3-4,7,9-10H,5-6,8H2,1-2H3;1H. The van der Waals surface area contributed by atoms with Crippen LogP contribution in [0.15, 0.2) is 30.2 Å². The highest BCUT2D eigenvalue weighted by Crippen LogP contribution is 2.30. The molecule has 1 aromatic carbocycles. The Hall–Kier alpha value is -1.50. The van der Waals surface area contributed by atoms with Crippen LogP contribution in [0.25, 0.3) is 0 Å². The fourth-order valence-electron chi connectivity index (χ4n) is 1.99. The smallest absolute Gasteiger partial charge is 0.313 e. The molecule has 6 nitrogen and oxygen atoms in total. The fourth-order valence-corrected chi connectivity index (χ4v) is 2.16.